The molecule has 7 nitrogen and oxygen atoms in total. The number of ether oxygens (including phenoxy) is 1. The van der Waals surface area contributed by atoms with E-state index in [-0.39, 0.29) is 6.42 Å². The van der Waals surface area contributed by atoms with Crippen molar-refractivity contribution in [3.05, 3.63) is 18.2 Å². The number of nitrogens with zero attached hydrogens (tertiary/aromatic N) is 3. The number of hydrogen-bond donors (Lipinski definition) is 2. The smallest absolute Gasteiger partial charge is 0.303 e. The topological polar surface area (TPSA) is 81.7 Å². The molecular formula is C16H26N4O3. The Hall–Kier alpha value is -1.44. The maximum atomic E-state index is 11.0. The first-order valence-electron chi connectivity index (χ1n) is 8.45. The molecule has 0 amide bonds. The third kappa shape index (κ3) is 4.53. The molecule has 2 saturated heterocycles. The number of carbonyl (C=O) groups is 1. The van der Waals surface area contributed by atoms with Gasteiger partial charge in [-0.05, 0) is 18.8 Å². The van der Waals surface area contributed by atoms with Gasteiger partial charge in [-0.25, -0.2) is 4.98 Å². The number of aromatic nitrogens is 2. The van der Waals surface area contributed by atoms with Crippen LogP contribution in [-0.2, 0) is 16.1 Å². The number of rotatable bonds is 6. The molecule has 23 heavy (non-hydrogen) atoms. The van der Waals surface area contributed by atoms with Gasteiger partial charge in [-0.2, -0.15) is 0 Å². The molecule has 0 saturated carbocycles. The number of morpholine rings is 1. The van der Waals surface area contributed by atoms with Crippen molar-refractivity contribution < 1.29 is 14.6 Å². The Bertz CT molecular complexity index is 488. The minimum Gasteiger partial charge on any atom is -0.481 e. The molecule has 7 heteroatoms. The summed E-state index contributed by atoms with van der Waals surface area (Å²) >= 11 is 0. The van der Waals surface area contributed by atoms with Crippen molar-refractivity contribution in [1.29, 1.82) is 0 Å². The molecule has 0 spiro atoms. The van der Waals surface area contributed by atoms with Crippen molar-refractivity contribution in [3.63, 3.8) is 0 Å². The Morgan fingerprint density at radius 2 is 2.22 bits per heavy atom. The molecule has 0 radical (unpaired) electrons. The largest absolute Gasteiger partial charge is 0.481 e. The lowest BCUT2D eigenvalue weighted by Gasteiger charge is -2.45. The number of nitrogens with one attached hydrogen (secondary N) is 1. The average molecular weight is 322 g/mol. The number of aliphatic carboxylic acids is 1. The molecule has 0 aliphatic carbocycles. The van der Waals surface area contributed by atoms with E-state index in [2.05, 4.69) is 19.8 Å². The van der Waals surface area contributed by atoms with Crippen molar-refractivity contribution in [2.45, 2.75) is 31.8 Å². The Kier molecular flexibility index (Phi) is 5.64. The molecular weight excluding hydrogens is 296 g/mol. The lowest BCUT2D eigenvalue weighted by atomic mass is 9.86. The van der Waals surface area contributed by atoms with E-state index >= 15 is 0 Å². The maximum Gasteiger partial charge on any atom is 0.303 e. The Morgan fingerprint density at radius 1 is 1.39 bits per heavy atom. The van der Waals surface area contributed by atoms with Gasteiger partial charge in [0.05, 0.1) is 19.5 Å². The Balaban J connectivity index is 1.61. The van der Waals surface area contributed by atoms with Gasteiger partial charge in [0, 0.05) is 57.1 Å². The summed E-state index contributed by atoms with van der Waals surface area (Å²) in [5, 5.41) is 9.05. The van der Waals surface area contributed by atoms with Crippen molar-refractivity contribution in [2.75, 3.05) is 39.4 Å². The zero-order chi connectivity index (χ0) is 16.1. The first-order valence-corrected chi connectivity index (χ1v) is 8.45. The summed E-state index contributed by atoms with van der Waals surface area (Å²) in [6.45, 7) is 6.38. The summed E-state index contributed by atoms with van der Waals surface area (Å²) in [6, 6.07) is 0.483. The molecule has 2 fully saturated rings. The fourth-order valence-electron chi connectivity index (χ4n) is 3.83. The molecule has 3 rings (SSSR count). The second-order valence-electron chi connectivity index (χ2n) is 6.51. The quantitative estimate of drug-likeness (QED) is 0.806. The molecule has 128 valence electrons. The predicted molar refractivity (Wildman–Crippen MR) is 85.0 cm³/mol. The summed E-state index contributed by atoms with van der Waals surface area (Å²) < 4.78 is 5.46. The van der Waals surface area contributed by atoms with E-state index in [9.17, 15) is 4.79 Å². The van der Waals surface area contributed by atoms with E-state index in [0.717, 1.165) is 64.5 Å². The summed E-state index contributed by atoms with van der Waals surface area (Å²) in [5.74, 6) is -0.294. The van der Waals surface area contributed by atoms with E-state index in [1.807, 2.05) is 6.20 Å². The van der Waals surface area contributed by atoms with Crippen LogP contribution in [0.1, 0.15) is 25.0 Å². The normalized spacial score (nSPS) is 27.1. The highest BCUT2D eigenvalue weighted by Gasteiger charge is 2.34. The number of hydrogen-bond acceptors (Lipinski definition) is 5. The third-order valence-corrected chi connectivity index (χ3v) is 4.97. The summed E-state index contributed by atoms with van der Waals surface area (Å²) in [7, 11) is 0. The minimum atomic E-state index is -0.698. The number of carboxylic acids is 1. The van der Waals surface area contributed by atoms with Crippen LogP contribution >= 0.6 is 0 Å². The number of H-pyrrole nitrogens is 1. The maximum absolute atomic E-state index is 11.0. The monoisotopic (exact) mass is 322 g/mol. The Morgan fingerprint density at radius 3 is 2.91 bits per heavy atom. The van der Waals surface area contributed by atoms with Crippen molar-refractivity contribution >= 4 is 5.97 Å². The van der Waals surface area contributed by atoms with Gasteiger partial charge in [0.25, 0.3) is 0 Å². The molecule has 1 aromatic rings. The van der Waals surface area contributed by atoms with E-state index in [1.165, 1.54) is 0 Å². The van der Waals surface area contributed by atoms with Gasteiger partial charge >= 0.3 is 5.97 Å². The molecule has 2 aliphatic heterocycles. The molecule has 0 aromatic carbocycles. The molecule has 1 aromatic heterocycles. The van der Waals surface area contributed by atoms with Crippen LogP contribution in [-0.4, -0.2) is 76.3 Å². The molecule has 2 aliphatic rings. The lowest BCUT2D eigenvalue weighted by molar-refractivity contribution is -0.137. The summed E-state index contributed by atoms with van der Waals surface area (Å²) in [5.41, 5.74) is 1.12. The van der Waals surface area contributed by atoms with Gasteiger partial charge in [-0.15, -0.1) is 0 Å². The summed E-state index contributed by atoms with van der Waals surface area (Å²) in [6.07, 6.45) is 5.66. The van der Waals surface area contributed by atoms with E-state index < -0.39 is 5.97 Å². The van der Waals surface area contributed by atoms with Crippen LogP contribution in [0.15, 0.2) is 12.5 Å². The Labute approximate surface area is 136 Å². The molecule has 2 N–H and O–H groups in total. The number of aromatic amines is 1. The van der Waals surface area contributed by atoms with Gasteiger partial charge < -0.3 is 14.8 Å². The first kappa shape index (κ1) is 16.4. The third-order valence-electron chi connectivity index (χ3n) is 4.97. The van der Waals surface area contributed by atoms with Crippen LogP contribution in [0.4, 0.5) is 0 Å². The van der Waals surface area contributed by atoms with Crippen LogP contribution in [0.2, 0.25) is 0 Å². The number of imidazole rings is 1. The van der Waals surface area contributed by atoms with E-state index in [4.69, 9.17) is 9.84 Å². The lowest BCUT2D eigenvalue weighted by Crippen LogP contribution is -2.53. The van der Waals surface area contributed by atoms with Crippen LogP contribution in [0.3, 0.4) is 0 Å². The second-order valence-corrected chi connectivity index (χ2v) is 6.51. The fraction of sp³-hybridized carbons (Fsp3) is 0.750. The van der Waals surface area contributed by atoms with Crippen molar-refractivity contribution in [2.24, 2.45) is 5.92 Å². The van der Waals surface area contributed by atoms with Crippen LogP contribution < -0.4 is 0 Å². The second kappa shape index (κ2) is 7.90. The van der Waals surface area contributed by atoms with Gasteiger partial charge in [-0.3, -0.25) is 14.6 Å². The highest BCUT2D eigenvalue weighted by atomic mass is 16.5. The minimum absolute atomic E-state index is 0.253. The van der Waals surface area contributed by atoms with Crippen molar-refractivity contribution in [1.82, 2.24) is 19.8 Å². The number of carboxylic acid groups (broad SMARTS) is 1. The standard InChI is InChI=1S/C16H26N4O3/c21-16(22)2-1-13-10-19(11-14-9-17-12-18-14)4-3-15(13)20-5-7-23-8-6-20/h9,12-13,15H,1-8,10-11H2,(H,17,18)(H,21,22)/t13-,15+/m1/s1. The number of likely N-dealkylation sites (tertiary alicyclic amines) is 1. The SMILES string of the molecule is O=C(O)CC[C@@H]1CN(Cc2cnc[nH]2)CC[C@@H]1N1CCOCC1. The van der Waals surface area contributed by atoms with Crippen molar-refractivity contribution in [3.8, 4) is 0 Å². The van der Waals surface area contributed by atoms with Gasteiger partial charge in [0.2, 0.25) is 0 Å². The average Bonchev–Trinajstić information content (AvgIpc) is 3.07. The van der Waals surface area contributed by atoms with Gasteiger partial charge in [0.15, 0.2) is 0 Å². The van der Waals surface area contributed by atoms with Crippen LogP contribution in [0, 0.1) is 5.92 Å². The highest BCUT2D eigenvalue weighted by molar-refractivity contribution is 5.66. The molecule has 2 atom stereocenters. The number of piperidine rings is 1. The zero-order valence-corrected chi connectivity index (χ0v) is 13.5. The fourth-order valence-corrected chi connectivity index (χ4v) is 3.83. The van der Waals surface area contributed by atoms with E-state index in [0.29, 0.717) is 12.0 Å². The van der Waals surface area contributed by atoms with E-state index in [1.54, 1.807) is 6.33 Å². The highest BCUT2D eigenvalue weighted by Crippen LogP contribution is 2.27. The predicted octanol–water partition coefficient (Wildman–Crippen LogP) is 0.797. The molecule has 3 heterocycles. The van der Waals surface area contributed by atoms with Gasteiger partial charge in [0.1, 0.15) is 0 Å². The van der Waals surface area contributed by atoms with Crippen LogP contribution in [0.25, 0.3) is 0 Å². The molecule has 0 bridgehead atoms. The first-order chi connectivity index (χ1) is 11.2. The van der Waals surface area contributed by atoms with Gasteiger partial charge in [-0.1, -0.05) is 0 Å². The summed E-state index contributed by atoms with van der Waals surface area (Å²) in [4.78, 5) is 23.1. The zero-order valence-electron chi connectivity index (χ0n) is 13.5. The molecule has 0 unspecified atom stereocenters. The van der Waals surface area contributed by atoms with Crippen LogP contribution in [0.5, 0.6) is 0 Å².